The predicted octanol–water partition coefficient (Wildman–Crippen LogP) is 2.84. The summed E-state index contributed by atoms with van der Waals surface area (Å²) >= 11 is 6.04. The van der Waals surface area contributed by atoms with Crippen LogP contribution in [-0.2, 0) is 14.3 Å². The molecule has 20 heavy (non-hydrogen) atoms. The Morgan fingerprint density at radius 1 is 1.35 bits per heavy atom. The van der Waals surface area contributed by atoms with E-state index in [0.717, 1.165) is 0 Å². The summed E-state index contributed by atoms with van der Waals surface area (Å²) in [6, 6.07) is 6.20. The SMILES string of the molecule is CC1CC(OC(=O)[C@H](N)c2ccccc2Cl)CC(C)O1. The van der Waals surface area contributed by atoms with E-state index in [1.54, 1.807) is 24.3 Å². The van der Waals surface area contributed by atoms with Crippen LogP contribution in [0, 0.1) is 0 Å². The Bertz CT molecular complexity index is 470. The first-order valence-electron chi connectivity index (χ1n) is 6.83. The molecule has 2 unspecified atom stereocenters. The highest BCUT2D eigenvalue weighted by Crippen LogP contribution is 2.25. The van der Waals surface area contributed by atoms with Crippen LogP contribution in [0.25, 0.3) is 0 Å². The van der Waals surface area contributed by atoms with Crippen LogP contribution in [0.3, 0.4) is 0 Å². The Hall–Kier alpha value is -1.10. The highest BCUT2D eigenvalue weighted by atomic mass is 35.5. The topological polar surface area (TPSA) is 61.5 Å². The zero-order valence-corrected chi connectivity index (χ0v) is 12.5. The van der Waals surface area contributed by atoms with Gasteiger partial charge in [-0.3, -0.25) is 0 Å². The second-order valence-electron chi connectivity index (χ2n) is 5.29. The van der Waals surface area contributed by atoms with Crippen LogP contribution in [-0.4, -0.2) is 24.3 Å². The molecule has 3 atom stereocenters. The molecule has 1 aliphatic heterocycles. The van der Waals surface area contributed by atoms with E-state index in [4.69, 9.17) is 26.8 Å². The number of benzene rings is 1. The maximum Gasteiger partial charge on any atom is 0.327 e. The Labute approximate surface area is 124 Å². The van der Waals surface area contributed by atoms with Gasteiger partial charge < -0.3 is 15.2 Å². The summed E-state index contributed by atoms with van der Waals surface area (Å²) in [5, 5.41) is 0.477. The van der Waals surface area contributed by atoms with Crippen molar-refractivity contribution in [3.63, 3.8) is 0 Å². The Kier molecular flexibility index (Phi) is 5.02. The molecule has 0 amide bonds. The average molecular weight is 298 g/mol. The quantitative estimate of drug-likeness (QED) is 0.872. The maximum atomic E-state index is 12.1. The fourth-order valence-corrected chi connectivity index (χ4v) is 2.79. The van der Waals surface area contributed by atoms with Crippen LogP contribution in [0.4, 0.5) is 0 Å². The molecule has 0 saturated carbocycles. The molecule has 0 aromatic heterocycles. The molecule has 2 rings (SSSR count). The molecule has 1 heterocycles. The zero-order valence-electron chi connectivity index (χ0n) is 11.7. The molecule has 0 radical (unpaired) electrons. The summed E-state index contributed by atoms with van der Waals surface area (Å²) in [6.07, 6.45) is 1.44. The van der Waals surface area contributed by atoms with Gasteiger partial charge in [-0.15, -0.1) is 0 Å². The summed E-state index contributed by atoms with van der Waals surface area (Å²) in [7, 11) is 0. The molecule has 1 fully saturated rings. The van der Waals surface area contributed by atoms with Crippen molar-refractivity contribution < 1.29 is 14.3 Å². The molecule has 0 spiro atoms. The molecule has 0 bridgehead atoms. The summed E-state index contributed by atoms with van der Waals surface area (Å²) in [5.74, 6) is -0.440. The molecule has 1 aliphatic rings. The second-order valence-corrected chi connectivity index (χ2v) is 5.69. The van der Waals surface area contributed by atoms with Gasteiger partial charge >= 0.3 is 5.97 Å². The van der Waals surface area contributed by atoms with Crippen molar-refractivity contribution >= 4 is 17.6 Å². The maximum absolute atomic E-state index is 12.1. The smallest absolute Gasteiger partial charge is 0.327 e. The van der Waals surface area contributed by atoms with Crippen LogP contribution >= 0.6 is 11.6 Å². The number of carbonyl (C=O) groups excluding carboxylic acids is 1. The first-order valence-corrected chi connectivity index (χ1v) is 7.21. The Morgan fingerprint density at radius 3 is 2.55 bits per heavy atom. The molecule has 1 aromatic carbocycles. The third kappa shape index (κ3) is 3.72. The molecule has 4 nitrogen and oxygen atoms in total. The number of halogens is 1. The van der Waals surface area contributed by atoms with Crippen LogP contribution < -0.4 is 5.73 Å². The van der Waals surface area contributed by atoms with Crippen molar-refractivity contribution in [1.82, 2.24) is 0 Å². The van der Waals surface area contributed by atoms with E-state index in [-0.39, 0.29) is 18.3 Å². The van der Waals surface area contributed by atoms with Gasteiger partial charge in [-0.2, -0.15) is 0 Å². The van der Waals surface area contributed by atoms with Gasteiger partial charge in [0.2, 0.25) is 0 Å². The molecular formula is C15H20ClNO3. The van der Waals surface area contributed by atoms with E-state index in [2.05, 4.69) is 0 Å². The summed E-state index contributed by atoms with van der Waals surface area (Å²) < 4.78 is 11.1. The standard InChI is InChI=1S/C15H20ClNO3/c1-9-7-11(8-10(2)19-9)20-15(18)14(17)12-5-3-4-6-13(12)16/h3-6,9-11,14H,7-8,17H2,1-2H3/t9?,10?,11?,14-/m1/s1. The highest BCUT2D eigenvalue weighted by Gasteiger charge is 2.29. The lowest BCUT2D eigenvalue weighted by Gasteiger charge is -2.32. The molecular weight excluding hydrogens is 278 g/mol. The third-order valence-electron chi connectivity index (χ3n) is 3.43. The van der Waals surface area contributed by atoms with E-state index in [1.165, 1.54) is 0 Å². The number of ether oxygens (including phenoxy) is 2. The second kappa shape index (κ2) is 6.57. The number of nitrogens with two attached hydrogens (primary N) is 1. The van der Waals surface area contributed by atoms with Gasteiger partial charge in [-0.25, -0.2) is 4.79 Å². The fourth-order valence-electron chi connectivity index (χ4n) is 2.53. The van der Waals surface area contributed by atoms with Gasteiger partial charge in [-0.05, 0) is 25.5 Å². The fraction of sp³-hybridized carbons (Fsp3) is 0.533. The van der Waals surface area contributed by atoms with E-state index < -0.39 is 12.0 Å². The monoisotopic (exact) mass is 297 g/mol. The number of esters is 1. The molecule has 2 N–H and O–H groups in total. The minimum absolute atomic E-state index is 0.0908. The van der Waals surface area contributed by atoms with Gasteiger partial charge in [0.1, 0.15) is 12.1 Å². The van der Waals surface area contributed by atoms with Crippen LogP contribution in [0.2, 0.25) is 5.02 Å². The van der Waals surface area contributed by atoms with Crippen molar-refractivity contribution in [2.45, 2.75) is 51.0 Å². The van der Waals surface area contributed by atoms with Crippen molar-refractivity contribution in [3.05, 3.63) is 34.9 Å². The average Bonchev–Trinajstić information content (AvgIpc) is 2.37. The Balaban J connectivity index is 1.99. The van der Waals surface area contributed by atoms with E-state index in [0.29, 0.717) is 23.4 Å². The van der Waals surface area contributed by atoms with Crippen LogP contribution in [0.1, 0.15) is 38.3 Å². The predicted molar refractivity (Wildman–Crippen MR) is 77.5 cm³/mol. The molecule has 110 valence electrons. The minimum atomic E-state index is -0.850. The largest absolute Gasteiger partial charge is 0.461 e. The summed E-state index contributed by atoms with van der Waals surface area (Å²) in [6.45, 7) is 3.95. The van der Waals surface area contributed by atoms with Crippen LogP contribution in [0.15, 0.2) is 24.3 Å². The van der Waals surface area contributed by atoms with Gasteiger partial charge in [0.15, 0.2) is 0 Å². The van der Waals surface area contributed by atoms with Crippen LogP contribution in [0.5, 0.6) is 0 Å². The van der Waals surface area contributed by atoms with E-state index >= 15 is 0 Å². The molecule has 1 saturated heterocycles. The van der Waals surface area contributed by atoms with Crippen molar-refractivity contribution in [3.8, 4) is 0 Å². The number of rotatable bonds is 3. The Morgan fingerprint density at radius 2 is 1.95 bits per heavy atom. The van der Waals surface area contributed by atoms with Gasteiger partial charge in [0.05, 0.1) is 12.2 Å². The summed E-state index contributed by atoms with van der Waals surface area (Å²) in [4.78, 5) is 12.1. The van der Waals surface area contributed by atoms with Crippen molar-refractivity contribution in [2.24, 2.45) is 5.73 Å². The van der Waals surface area contributed by atoms with Gasteiger partial charge in [0, 0.05) is 17.9 Å². The lowest BCUT2D eigenvalue weighted by Crippen LogP contribution is -2.37. The first-order chi connectivity index (χ1) is 9.47. The number of hydrogen-bond donors (Lipinski definition) is 1. The molecule has 5 heteroatoms. The third-order valence-corrected chi connectivity index (χ3v) is 3.78. The molecule has 1 aromatic rings. The van der Waals surface area contributed by atoms with E-state index in [1.807, 2.05) is 13.8 Å². The first kappa shape index (κ1) is 15.3. The minimum Gasteiger partial charge on any atom is -0.461 e. The highest BCUT2D eigenvalue weighted by molar-refractivity contribution is 6.31. The number of hydrogen-bond acceptors (Lipinski definition) is 4. The lowest BCUT2D eigenvalue weighted by atomic mass is 10.0. The lowest BCUT2D eigenvalue weighted by molar-refractivity contribution is -0.161. The van der Waals surface area contributed by atoms with Crippen molar-refractivity contribution in [2.75, 3.05) is 0 Å². The number of carbonyl (C=O) groups is 1. The van der Waals surface area contributed by atoms with E-state index in [9.17, 15) is 4.79 Å². The zero-order chi connectivity index (χ0) is 14.7. The normalized spacial score (nSPS) is 27.9. The molecule has 0 aliphatic carbocycles. The van der Waals surface area contributed by atoms with Gasteiger partial charge in [0.25, 0.3) is 0 Å². The van der Waals surface area contributed by atoms with Gasteiger partial charge in [-0.1, -0.05) is 29.8 Å². The van der Waals surface area contributed by atoms with Crippen molar-refractivity contribution in [1.29, 1.82) is 0 Å². The summed E-state index contributed by atoms with van der Waals surface area (Å²) in [5.41, 5.74) is 6.53.